The Hall–Kier alpha value is -0.470. The average molecular weight is 277 g/mol. The van der Waals surface area contributed by atoms with Crippen molar-refractivity contribution in [1.82, 2.24) is 9.21 Å². The number of hydrogen-bond acceptors (Lipinski definition) is 5. The van der Waals surface area contributed by atoms with Gasteiger partial charge in [0.1, 0.15) is 0 Å². The molecule has 0 saturated carbocycles. The van der Waals surface area contributed by atoms with E-state index < -0.39 is 10.0 Å². The van der Waals surface area contributed by atoms with Gasteiger partial charge in [-0.3, -0.25) is 0 Å². The monoisotopic (exact) mass is 277 g/mol. The molecule has 2 N–H and O–H groups in total. The summed E-state index contributed by atoms with van der Waals surface area (Å²) in [5.41, 5.74) is 5.48. The largest absolute Gasteiger partial charge is 0.326 e. The Morgan fingerprint density at radius 3 is 2.41 bits per heavy atom. The van der Waals surface area contributed by atoms with Gasteiger partial charge in [-0.2, -0.15) is 4.31 Å². The molecule has 1 aromatic heterocycles. The molecule has 1 aromatic rings. The van der Waals surface area contributed by atoms with Gasteiger partial charge < -0.3 is 10.6 Å². The third-order valence-electron chi connectivity index (χ3n) is 2.40. The minimum absolute atomic E-state index is 0.337. The molecule has 0 aromatic carbocycles. The summed E-state index contributed by atoms with van der Waals surface area (Å²) >= 11 is 1.38. The van der Waals surface area contributed by atoms with Gasteiger partial charge in [-0.1, -0.05) is 0 Å². The molecule has 5 nitrogen and oxygen atoms in total. The Kier molecular flexibility index (Phi) is 5.08. The lowest BCUT2D eigenvalue weighted by Gasteiger charge is -2.18. The smallest absolute Gasteiger partial charge is 0.243 e. The highest BCUT2D eigenvalue weighted by Crippen LogP contribution is 2.21. The van der Waals surface area contributed by atoms with Crippen molar-refractivity contribution >= 4 is 21.4 Å². The van der Waals surface area contributed by atoms with E-state index in [0.717, 1.165) is 4.88 Å². The summed E-state index contributed by atoms with van der Waals surface area (Å²) < 4.78 is 25.7. The van der Waals surface area contributed by atoms with Crippen LogP contribution in [0, 0.1) is 0 Å². The Morgan fingerprint density at radius 1 is 1.29 bits per heavy atom. The van der Waals surface area contributed by atoms with E-state index in [1.54, 1.807) is 18.5 Å². The van der Waals surface area contributed by atoms with Gasteiger partial charge in [0.25, 0.3) is 0 Å². The van der Waals surface area contributed by atoms with Crippen molar-refractivity contribution in [2.75, 3.05) is 34.2 Å². The standard InChI is InChI=1S/C10H19N3O2S2/c1-12(2)4-5-13(3)17(14,15)10-6-9(7-11)16-8-10/h6,8H,4-5,7,11H2,1-3H3. The van der Waals surface area contributed by atoms with E-state index in [2.05, 4.69) is 0 Å². The molecule has 0 radical (unpaired) electrons. The number of sulfonamides is 1. The Morgan fingerprint density at radius 2 is 1.94 bits per heavy atom. The maximum absolute atomic E-state index is 12.1. The molecule has 0 bridgehead atoms. The average Bonchev–Trinajstić information content (AvgIpc) is 2.74. The number of nitrogens with zero attached hydrogens (tertiary/aromatic N) is 2. The second kappa shape index (κ2) is 5.92. The molecule has 0 spiro atoms. The molecule has 0 aliphatic carbocycles. The summed E-state index contributed by atoms with van der Waals surface area (Å²) in [7, 11) is 2.06. The van der Waals surface area contributed by atoms with E-state index in [1.807, 2.05) is 19.0 Å². The Bertz CT molecular complexity index is 454. The maximum Gasteiger partial charge on any atom is 0.243 e. The predicted octanol–water partition coefficient (Wildman–Crippen LogP) is 0.389. The van der Waals surface area contributed by atoms with Crippen LogP contribution < -0.4 is 5.73 Å². The highest BCUT2D eigenvalue weighted by Gasteiger charge is 2.21. The molecule has 0 aliphatic rings. The van der Waals surface area contributed by atoms with Crippen molar-refractivity contribution in [3.63, 3.8) is 0 Å². The van der Waals surface area contributed by atoms with E-state index >= 15 is 0 Å². The van der Waals surface area contributed by atoms with Gasteiger partial charge in [0.2, 0.25) is 10.0 Å². The molecule has 17 heavy (non-hydrogen) atoms. The first-order valence-electron chi connectivity index (χ1n) is 5.26. The summed E-state index contributed by atoms with van der Waals surface area (Å²) in [6, 6.07) is 1.64. The number of thiophene rings is 1. The van der Waals surface area contributed by atoms with Gasteiger partial charge in [0.15, 0.2) is 0 Å². The molecular weight excluding hydrogens is 258 g/mol. The minimum atomic E-state index is -3.36. The summed E-state index contributed by atoms with van der Waals surface area (Å²) in [5, 5.41) is 1.64. The first-order valence-corrected chi connectivity index (χ1v) is 7.58. The van der Waals surface area contributed by atoms with Gasteiger partial charge in [0, 0.05) is 36.9 Å². The van der Waals surface area contributed by atoms with Gasteiger partial charge in [-0.15, -0.1) is 11.3 Å². The van der Waals surface area contributed by atoms with Crippen molar-refractivity contribution in [3.8, 4) is 0 Å². The topological polar surface area (TPSA) is 66.6 Å². The molecule has 7 heteroatoms. The van der Waals surface area contributed by atoms with Crippen molar-refractivity contribution < 1.29 is 8.42 Å². The van der Waals surface area contributed by atoms with E-state index in [9.17, 15) is 8.42 Å². The van der Waals surface area contributed by atoms with E-state index in [1.165, 1.54) is 15.6 Å². The number of rotatable bonds is 6. The quantitative estimate of drug-likeness (QED) is 0.817. The van der Waals surface area contributed by atoms with E-state index in [4.69, 9.17) is 5.73 Å². The van der Waals surface area contributed by atoms with Crippen LogP contribution in [0.5, 0.6) is 0 Å². The van der Waals surface area contributed by atoms with Crippen molar-refractivity contribution in [2.45, 2.75) is 11.4 Å². The predicted molar refractivity (Wildman–Crippen MR) is 70.6 cm³/mol. The molecular formula is C10H19N3O2S2. The Balaban J connectivity index is 2.79. The second-order valence-electron chi connectivity index (χ2n) is 4.08. The molecule has 0 atom stereocenters. The number of likely N-dealkylation sites (N-methyl/N-ethyl adjacent to an activating group) is 2. The molecule has 98 valence electrons. The number of nitrogens with two attached hydrogens (primary N) is 1. The highest BCUT2D eigenvalue weighted by atomic mass is 32.2. The van der Waals surface area contributed by atoms with Gasteiger partial charge in [0.05, 0.1) is 4.90 Å². The molecule has 0 saturated heterocycles. The zero-order chi connectivity index (χ0) is 13.1. The van der Waals surface area contributed by atoms with Crippen LogP contribution in [0.15, 0.2) is 16.3 Å². The SMILES string of the molecule is CN(C)CCN(C)S(=O)(=O)c1csc(CN)c1. The second-order valence-corrected chi connectivity index (χ2v) is 7.12. The lowest BCUT2D eigenvalue weighted by atomic mass is 10.5. The van der Waals surface area contributed by atoms with Gasteiger partial charge in [-0.25, -0.2) is 8.42 Å². The van der Waals surface area contributed by atoms with Crippen LogP contribution in [0.1, 0.15) is 4.88 Å². The lowest BCUT2D eigenvalue weighted by Crippen LogP contribution is -2.33. The summed E-state index contributed by atoms with van der Waals surface area (Å²) in [6.07, 6.45) is 0. The van der Waals surface area contributed by atoms with Gasteiger partial charge in [-0.05, 0) is 20.2 Å². The van der Waals surface area contributed by atoms with Crippen LogP contribution in [-0.4, -0.2) is 51.9 Å². The first-order chi connectivity index (χ1) is 7.87. The van der Waals surface area contributed by atoms with Gasteiger partial charge >= 0.3 is 0 Å². The third-order valence-corrected chi connectivity index (χ3v) is 5.34. The molecule has 0 unspecified atom stereocenters. The summed E-state index contributed by atoms with van der Waals surface area (Å²) in [4.78, 5) is 3.17. The lowest BCUT2D eigenvalue weighted by molar-refractivity contribution is 0.358. The van der Waals surface area contributed by atoms with Crippen LogP contribution in [0.3, 0.4) is 0 Å². The fourth-order valence-electron chi connectivity index (χ4n) is 1.24. The normalized spacial score (nSPS) is 12.6. The van der Waals surface area contributed by atoms with Crippen LogP contribution in [0.4, 0.5) is 0 Å². The number of hydrogen-bond donors (Lipinski definition) is 1. The molecule has 1 heterocycles. The molecule has 0 fully saturated rings. The van der Waals surface area contributed by atoms with Crippen molar-refractivity contribution in [1.29, 1.82) is 0 Å². The zero-order valence-electron chi connectivity index (χ0n) is 10.4. The molecule has 1 rings (SSSR count). The van der Waals surface area contributed by atoms with Crippen LogP contribution in [-0.2, 0) is 16.6 Å². The van der Waals surface area contributed by atoms with Crippen LogP contribution in [0.25, 0.3) is 0 Å². The molecule has 0 amide bonds. The Labute approximate surface area is 107 Å². The maximum atomic E-state index is 12.1. The van der Waals surface area contributed by atoms with Crippen molar-refractivity contribution in [3.05, 3.63) is 16.3 Å². The molecule has 0 aliphatic heterocycles. The summed E-state index contributed by atoms with van der Waals surface area (Å²) in [5.74, 6) is 0. The van der Waals surface area contributed by atoms with Crippen LogP contribution >= 0.6 is 11.3 Å². The third kappa shape index (κ3) is 3.75. The fourth-order valence-corrected chi connectivity index (χ4v) is 3.55. The first kappa shape index (κ1) is 14.6. The highest BCUT2D eigenvalue weighted by molar-refractivity contribution is 7.89. The summed E-state index contributed by atoms with van der Waals surface area (Å²) in [6.45, 7) is 1.55. The van der Waals surface area contributed by atoms with E-state index in [0.29, 0.717) is 24.5 Å². The van der Waals surface area contributed by atoms with Crippen molar-refractivity contribution in [2.24, 2.45) is 5.73 Å². The fraction of sp³-hybridized carbons (Fsp3) is 0.600. The minimum Gasteiger partial charge on any atom is -0.326 e. The van der Waals surface area contributed by atoms with Crippen LogP contribution in [0.2, 0.25) is 0 Å². The zero-order valence-corrected chi connectivity index (χ0v) is 12.0. The van der Waals surface area contributed by atoms with E-state index in [-0.39, 0.29) is 0 Å².